The van der Waals surface area contributed by atoms with Gasteiger partial charge in [0, 0.05) is 23.7 Å². The maximum Gasteiger partial charge on any atom is 0.212 e. The van der Waals surface area contributed by atoms with Gasteiger partial charge in [0.1, 0.15) is 5.75 Å². The minimum atomic E-state index is -1.95. The van der Waals surface area contributed by atoms with Crippen LogP contribution in [0.3, 0.4) is 0 Å². The van der Waals surface area contributed by atoms with Crippen LogP contribution >= 0.6 is 0 Å². The molecular formula is C15H13NO3. The van der Waals surface area contributed by atoms with Gasteiger partial charge in [-0.25, -0.2) is 0 Å². The third-order valence-corrected chi connectivity index (χ3v) is 3.14. The second-order valence-electron chi connectivity index (χ2n) is 4.49. The Bertz CT molecular complexity index is 621. The van der Waals surface area contributed by atoms with E-state index in [4.69, 9.17) is 0 Å². The molecule has 0 bridgehead atoms. The van der Waals surface area contributed by atoms with Crippen LogP contribution < -0.4 is 4.90 Å². The summed E-state index contributed by atoms with van der Waals surface area (Å²) in [5.41, 5.74) is 2.01. The van der Waals surface area contributed by atoms with Crippen molar-refractivity contribution in [1.82, 2.24) is 0 Å². The summed E-state index contributed by atoms with van der Waals surface area (Å²) >= 11 is 0. The highest BCUT2D eigenvalue weighted by Crippen LogP contribution is 2.33. The van der Waals surface area contributed by atoms with Crippen LogP contribution in [0.25, 0.3) is 0 Å². The number of hydrogen-bond acceptors (Lipinski definition) is 4. The molecule has 0 aromatic heterocycles. The molecule has 3 N–H and O–H groups in total. The van der Waals surface area contributed by atoms with Gasteiger partial charge in [-0.1, -0.05) is 12.2 Å². The first-order valence-corrected chi connectivity index (χ1v) is 5.89. The van der Waals surface area contributed by atoms with E-state index in [2.05, 4.69) is 0 Å². The lowest BCUT2D eigenvalue weighted by atomic mass is 9.91. The van der Waals surface area contributed by atoms with E-state index in [0.717, 1.165) is 11.3 Å². The summed E-state index contributed by atoms with van der Waals surface area (Å²) in [7, 11) is 0. The number of anilines is 1. The summed E-state index contributed by atoms with van der Waals surface area (Å²) in [5.74, 6) is -1.76. The van der Waals surface area contributed by atoms with E-state index in [1.807, 2.05) is 18.4 Å². The normalized spacial score (nSPS) is 19.8. The molecule has 3 rings (SSSR count). The SMILES string of the molecule is Oc1ccc(N2C=CC3=CC=CC(O)(O)C3=C2)cc1. The summed E-state index contributed by atoms with van der Waals surface area (Å²) in [4.78, 5) is 1.77. The Balaban J connectivity index is 1.99. The van der Waals surface area contributed by atoms with Gasteiger partial charge in [-0.15, -0.1) is 0 Å². The molecule has 0 radical (unpaired) electrons. The lowest BCUT2D eigenvalue weighted by Gasteiger charge is -2.30. The van der Waals surface area contributed by atoms with Crippen LogP contribution in [0.4, 0.5) is 5.69 Å². The van der Waals surface area contributed by atoms with Crippen LogP contribution in [0.5, 0.6) is 5.75 Å². The molecule has 1 aromatic carbocycles. The van der Waals surface area contributed by atoms with E-state index >= 15 is 0 Å². The smallest absolute Gasteiger partial charge is 0.212 e. The molecule has 0 amide bonds. The maximum absolute atomic E-state index is 9.94. The van der Waals surface area contributed by atoms with Gasteiger partial charge in [0.25, 0.3) is 0 Å². The fourth-order valence-electron chi connectivity index (χ4n) is 2.12. The number of nitrogens with zero attached hydrogens (tertiary/aromatic N) is 1. The minimum Gasteiger partial charge on any atom is -0.508 e. The van der Waals surface area contributed by atoms with Crippen LogP contribution in [-0.4, -0.2) is 21.1 Å². The van der Waals surface area contributed by atoms with Crippen molar-refractivity contribution < 1.29 is 15.3 Å². The van der Waals surface area contributed by atoms with Crippen LogP contribution in [-0.2, 0) is 0 Å². The second-order valence-corrected chi connectivity index (χ2v) is 4.49. The summed E-state index contributed by atoms with van der Waals surface area (Å²) in [6.45, 7) is 0. The van der Waals surface area contributed by atoms with E-state index in [1.165, 1.54) is 6.08 Å². The second kappa shape index (κ2) is 4.12. The molecule has 4 nitrogen and oxygen atoms in total. The van der Waals surface area contributed by atoms with E-state index in [1.54, 1.807) is 41.4 Å². The largest absolute Gasteiger partial charge is 0.508 e. The van der Waals surface area contributed by atoms with Gasteiger partial charge in [0.2, 0.25) is 5.79 Å². The summed E-state index contributed by atoms with van der Waals surface area (Å²) in [6.07, 6.45) is 10.1. The summed E-state index contributed by atoms with van der Waals surface area (Å²) in [5, 5.41) is 29.2. The van der Waals surface area contributed by atoms with Crippen molar-refractivity contribution in [3.63, 3.8) is 0 Å². The molecule has 4 heteroatoms. The monoisotopic (exact) mass is 255 g/mol. The number of aromatic hydroxyl groups is 1. The highest BCUT2D eigenvalue weighted by atomic mass is 16.5. The van der Waals surface area contributed by atoms with Crippen molar-refractivity contribution in [1.29, 1.82) is 0 Å². The van der Waals surface area contributed by atoms with Gasteiger partial charge < -0.3 is 20.2 Å². The number of rotatable bonds is 1. The Morgan fingerprint density at radius 1 is 1.05 bits per heavy atom. The van der Waals surface area contributed by atoms with Crippen molar-refractivity contribution in [3.8, 4) is 5.75 Å². The first kappa shape index (κ1) is 11.8. The van der Waals surface area contributed by atoms with E-state index in [9.17, 15) is 15.3 Å². The quantitative estimate of drug-likeness (QED) is 0.669. The number of phenols is 1. The fourth-order valence-corrected chi connectivity index (χ4v) is 2.12. The fraction of sp³-hybridized carbons (Fsp3) is 0.0667. The van der Waals surface area contributed by atoms with Gasteiger partial charge in [-0.2, -0.15) is 0 Å². The van der Waals surface area contributed by atoms with Gasteiger partial charge in [-0.05, 0) is 42.0 Å². The van der Waals surface area contributed by atoms with Crippen molar-refractivity contribution in [2.24, 2.45) is 0 Å². The van der Waals surface area contributed by atoms with Gasteiger partial charge in [0.15, 0.2) is 0 Å². The Kier molecular flexibility index (Phi) is 2.55. The number of phenolic OH excluding ortho intramolecular Hbond substituents is 1. The highest BCUT2D eigenvalue weighted by molar-refractivity contribution is 5.63. The van der Waals surface area contributed by atoms with Crippen LogP contribution in [0, 0.1) is 0 Å². The Morgan fingerprint density at radius 3 is 2.53 bits per heavy atom. The molecule has 0 atom stereocenters. The zero-order chi connectivity index (χ0) is 13.5. The molecule has 96 valence electrons. The van der Waals surface area contributed by atoms with Crippen molar-refractivity contribution >= 4 is 5.69 Å². The highest BCUT2D eigenvalue weighted by Gasteiger charge is 2.31. The molecule has 1 heterocycles. The number of benzene rings is 1. The number of fused-ring (bicyclic) bond motifs is 1. The summed E-state index contributed by atoms with van der Waals surface area (Å²) in [6, 6.07) is 6.67. The summed E-state index contributed by atoms with van der Waals surface area (Å²) < 4.78 is 0. The van der Waals surface area contributed by atoms with E-state index in [-0.39, 0.29) is 5.75 Å². The van der Waals surface area contributed by atoms with Crippen molar-refractivity contribution in [2.75, 3.05) is 4.90 Å². The van der Waals surface area contributed by atoms with Crippen molar-refractivity contribution in [2.45, 2.75) is 5.79 Å². The standard InChI is InChI=1S/C15H13NO3/c17-13-5-3-12(4-6-13)16-9-7-11-2-1-8-15(18,19)14(11)10-16/h1-10,17-19H. The zero-order valence-corrected chi connectivity index (χ0v) is 10.1. The first-order chi connectivity index (χ1) is 9.06. The average Bonchev–Trinajstić information content (AvgIpc) is 2.39. The lowest BCUT2D eigenvalue weighted by molar-refractivity contribution is -0.0831. The van der Waals surface area contributed by atoms with Gasteiger partial charge >= 0.3 is 0 Å². The van der Waals surface area contributed by atoms with Crippen molar-refractivity contribution in [3.05, 3.63) is 72.1 Å². The Morgan fingerprint density at radius 2 is 1.79 bits per heavy atom. The van der Waals surface area contributed by atoms with Gasteiger partial charge in [0.05, 0.1) is 0 Å². The molecule has 19 heavy (non-hydrogen) atoms. The molecule has 0 fully saturated rings. The minimum absolute atomic E-state index is 0.192. The average molecular weight is 255 g/mol. The number of allylic oxidation sites excluding steroid dienone is 3. The number of hydrogen-bond donors (Lipinski definition) is 3. The maximum atomic E-state index is 9.94. The molecule has 0 spiro atoms. The molecule has 2 aliphatic rings. The molecule has 0 saturated heterocycles. The van der Waals surface area contributed by atoms with Crippen LogP contribution in [0.2, 0.25) is 0 Å². The number of aliphatic hydroxyl groups is 2. The lowest BCUT2D eigenvalue weighted by Crippen LogP contribution is -2.33. The Hall–Kier alpha value is -2.30. The molecule has 0 saturated carbocycles. The predicted molar refractivity (Wildman–Crippen MR) is 72.2 cm³/mol. The predicted octanol–water partition coefficient (Wildman–Crippen LogP) is 1.79. The zero-order valence-electron chi connectivity index (χ0n) is 10.1. The molecule has 1 aliphatic carbocycles. The third kappa shape index (κ3) is 2.07. The molecule has 1 aliphatic heterocycles. The molecule has 0 unspecified atom stereocenters. The van der Waals surface area contributed by atoms with E-state index in [0.29, 0.717) is 5.57 Å². The molecular weight excluding hydrogens is 242 g/mol. The van der Waals surface area contributed by atoms with Crippen LogP contribution in [0.1, 0.15) is 0 Å². The first-order valence-electron chi connectivity index (χ1n) is 5.89. The molecule has 1 aromatic rings. The van der Waals surface area contributed by atoms with Gasteiger partial charge in [-0.3, -0.25) is 0 Å². The Labute approximate surface area is 110 Å². The van der Waals surface area contributed by atoms with Crippen LogP contribution in [0.15, 0.2) is 72.1 Å². The topological polar surface area (TPSA) is 63.9 Å². The third-order valence-electron chi connectivity index (χ3n) is 3.14. The van der Waals surface area contributed by atoms with E-state index < -0.39 is 5.79 Å².